The fourth-order valence-corrected chi connectivity index (χ4v) is 1.43. The van der Waals surface area contributed by atoms with Crippen LogP contribution >= 0.6 is 0 Å². The standard InChI is InChI=1S/C13H20N2O2/c1-13(2,3)17-12(16)9-6-7-11(15(4)5)10(14)8-9/h6-8H,14H2,1-5H3. The molecule has 17 heavy (non-hydrogen) atoms. The molecule has 0 saturated carbocycles. The Morgan fingerprint density at radius 3 is 2.29 bits per heavy atom. The van der Waals surface area contributed by atoms with Crippen LogP contribution in [0.15, 0.2) is 18.2 Å². The summed E-state index contributed by atoms with van der Waals surface area (Å²) in [5.74, 6) is -0.352. The minimum atomic E-state index is -0.494. The van der Waals surface area contributed by atoms with E-state index in [1.807, 2.05) is 45.8 Å². The van der Waals surface area contributed by atoms with Crippen molar-refractivity contribution >= 4 is 17.3 Å². The van der Waals surface area contributed by atoms with Gasteiger partial charge in [0, 0.05) is 14.1 Å². The molecule has 1 aromatic rings. The Kier molecular flexibility index (Phi) is 3.66. The first kappa shape index (κ1) is 13.4. The number of hydrogen-bond donors (Lipinski definition) is 1. The van der Waals surface area contributed by atoms with Crippen LogP contribution in [0.2, 0.25) is 0 Å². The van der Waals surface area contributed by atoms with Crippen LogP contribution in [0, 0.1) is 0 Å². The average Bonchev–Trinajstić information content (AvgIpc) is 2.14. The number of ether oxygens (including phenoxy) is 1. The van der Waals surface area contributed by atoms with Gasteiger partial charge < -0.3 is 15.4 Å². The van der Waals surface area contributed by atoms with E-state index in [0.29, 0.717) is 11.3 Å². The van der Waals surface area contributed by atoms with Gasteiger partial charge in [-0.05, 0) is 39.0 Å². The van der Waals surface area contributed by atoms with Crippen LogP contribution in [0.3, 0.4) is 0 Å². The summed E-state index contributed by atoms with van der Waals surface area (Å²) in [5, 5.41) is 0. The molecule has 0 aliphatic carbocycles. The first-order chi connectivity index (χ1) is 7.70. The molecule has 0 aromatic heterocycles. The van der Waals surface area contributed by atoms with Gasteiger partial charge in [-0.1, -0.05) is 0 Å². The predicted molar refractivity (Wildman–Crippen MR) is 70.3 cm³/mol. The minimum Gasteiger partial charge on any atom is -0.456 e. The lowest BCUT2D eigenvalue weighted by Crippen LogP contribution is -2.24. The summed E-state index contributed by atoms with van der Waals surface area (Å²) < 4.78 is 5.27. The molecule has 4 nitrogen and oxygen atoms in total. The molecule has 0 atom stereocenters. The molecule has 4 heteroatoms. The van der Waals surface area contributed by atoms with Gasteiger partial charge in [0.1, 0.15) is 5.60 Å². The SMILES string of the molecule is CN(C)c1ccc(C(=O)OC(C)(C)C)cc1N. The van der Waals surface area contributed by atoms with Gasteiger partial charge in [-0.15, -0.1) is 0 Å². The van der Waals surface area contributed by atoms with Gasteiger partial charge in [0.25, 0.3) is 0 Å². The number of nitrogens with zero attached hydrogens (tertiary/aromatic N) is 1. The summed E-state index contributed by atoms with van der Waals surface area (Å²) in [7, 11) is 3.80. The molecule has 0 amide bonds. The minimum absolute atomic E-state index is 0.352. The van der Waals surface area contributed by atoms with Crippen molar-refractivity contribution in [1.29, 1.82) is 0 Å². The zero-order chi connectivity index (χ0) is 13.2. The van der Waals surface area contributed by atoms with Crippen molar-refractivity contribution in [3.63, 3.8) is 0 Å². The van der Waals surface area contributed by atoms with Gasteiger partial charge in [-0.3, -0.25) is 0 Å². The van der Waals surface area contributed by atoms with Crippen LogP contribution in [0.5, 0.6) is 0 Å². The van der Waals surface area contributed by atoms with Crippen molar-refractivity contribution in [3.05, 3.63) is 23.8 Å². The number of anilines is 2. The van der Waals surface area contributed by atoms with Gasteiger partial charge in [-0.2, -0.15) is 0 Å². The quantitative estimate of drug-likeness (QED) is 0.632. The van der Waals surface area contributed by atoms with E-state index in [1.54, 1.807) is 12.1 Å². The molecule has 0 unspecified atom stereocenters. The zero-order valence-corrected chi connectivity index (χ0v) is 11.1. The maximum absolute atomic E-state index is 11.8. The Morgan fingerprint density at radius 2 is 1.88 bits per heavy atom. The maximum atomic E-state index is 11.8. The van der Waals surface area contributed by atoms with Crippen LogP contribution in [0.1, 0.15) is 31.1 Å². The van der Waals surface area contributed by atoms with Gasteiger partial charge in [0.2, 0.25) is 0 Å². The van der Waals surface area contributed by atoms with Crippen LogP contribution in [-0.4, -0.2) is 25.7 Å². The monoisotopic (exact) mass is 236 g/mol. The van der Waals surface area contributed by atoms with Crippen molar-refractivity contribution in [2.24, 2.45) is 0 Å². The Morgan fingerprint density at radius 1 is 1.29 bits per heavy atom. The Hall–Kier alpha value is -1.71. The van der Waals surface area contributed by atoms with Crippen molar-refractivity contribution in [1.82, 2.24) is 0 Å². The molecule has 94 valence electrons. The van der Waals surface area contributed by atoms with Crippen molar-refractivity contribution in [3.8, 4) is 0 Å². The largest absolute Gasteiger partial charge is 0.456 e. The molecule has 0 bridgehead atoms. The Labute approximate surface area is 102 Å². The molecular weight excluding hydrogens is 216 g/mol. The lowest BCUT2D eigenvalue weighted by molar-refractivity contribution is 0.00696. The van der Waals surface area contributed by atoms with Gasteiger partial charge in [0.05, 0.1) is 16.9 Å². The van der Waals surface area contributed by atoms with Crippen LogP contribution in [-0.2, 0) is 4.74 Å². The molecule has 1 rings (SSSR count). The Bertz CT molecular complexity index is 420. The van der Waals surface area contributed by atoms with Crippen LogP contribution < -0.4 is 10.6 Å². The predicted octanol–water partition coefficient (Wildman–Crippen LogP) is 2.29. The molecule has 0 radical (unpaired) electrons. The second kappa shape index (κ2) is 4.65. The summed E-state index contributed by atoms with van der Waals surface area (Å²) in [5.41, 5.74) is 7.31. The van der Waals surface area contributed by atoms with E-state index >= 15 is 0 Å². The number of rotatable bonds is 2. The van der Waals surface area contributed by atoms with Gasteiger partial charge in [-0.25, -0.2) is 4.79 Å². The molecule has 0 fully saturated rings. The second-order valence-electron chi connectivity index (χ2n) is 5.17. The van der Waals surface area contributed by atoms with E-state index < -0.39 is 5.60 Å². The number of hydrogen-bond acceptors (Lipinski definition) is 4. The number of benzene rings is 1. The second-order valence-corrected chi connectivity index (χ2v) is 5.17. The van der Waals surface area contributed by atoms with E-state index in [1.165, 1.54) is 0 Å². The van der Waals surface area contributed by atoms with Crippen molar-refractivity contribution < 1.29 is 9.53 Å². The highest BCUT2D eigenvalue weighted by atomic mass is 16.6. The third kappa shape index (κ3) is 3.66. The number of nitrogens with two attached hydrogens (primary N) is 1. The number of nitrogen functional groups attached to an aromatic ring is 1. The molecule has 0 spiro atoms. The van der Waals surface area contributed by atoms with Gasteiger partial charge >= 0.3 is 5.97 Å². The van der Waals surface area contributed by atoms with Crippen molar-refractivity contribution in [2.45, 2.75) is 26.4 Å². The zero-order valence-electron chi connectivity index (χ0n) is 11.1. The first-order valence-electron chi connectivity index (χ1n) is 5.51. The lowest BCUT2D eigenvalue weighted by Gasteiger charge is -2.20. The van der Waals surface area contributed by atoms with Crippen LogP contribution in [0.25, 0.3) is 0 Å². The number of carbonyl (C=O) groups excluding carboxylic acids is 1. The van der Waals surface area contributed by atoms with Crippen molar-refractivity contribution in [2.75, 3.05) is 24.7 Å². The van der Waals surface area contributed by atoms with E-state index in [0.717, 1.165) is 5.69 Å². The summed E-state index contributed by atoms with van der Waals surface area (Å²) in [6.45, 7) is 5.51. The third-order valence-electron chi connectivity index (χ3n) is 2.14. The summed E-state index contributed by atoms with van der Waals surface area (Å²) in [6, 6.07) is 5.18. The fourth-order valence-electron chi connectivity index (χ4n) is 1.43. The topological polar surface area (TPSA) is 55.6 Å². The molecule has 1 aromatic carbocycles. The molecule has 0 aliphatic heterocycles. The smallest absolute Gasteiger partial charge is 0.338 e. The third-order valence-corrected chi connectivity index (χ3v) is 2.14. The molecule has 0 aliphatic rings. The Balaban J connectivity index is 2.94. The summed E-state index contributed by atoms with van der Waals surface area (Å²) in [4.78, 5) is 13.7. The normalized spacial score (nSPS) is 11.1. The highest BCUT2D eigenvalue weighted by Crippen LogP contribution is 2.23. The average molecular weight is 236 g/mol. The summed E-state index contributed by atoms with van der Waals surface area (Å²) in [6.07, 6.45) is 0. The van der Waals surface area contributed by atoms with E-state index in [-0.39, 0.29) is 5.97 Å². The first-order valence-corrected chi connectivity index (χ1v) is 5.51. The molecular formula is C13H20N2O2. The molecule has 0 heterocycles. The lowest BCUT2D eigenvalue weighted by atomic mass is 10.1. The van der Waals surface area contributed by atoms with E-state index in [2.05, 4.69) is 0 Å². The van der Waals surface area contributed by atoms with Crippen LogP contribution in [0.4, 0.5) is 11.4 Å². The number of esters is 1. The fraction of sp³-hybridized carbons (Fsp3) is 0.462. The highest BCUT2D eigenvalue weighted by Gasteiger charge is 2.18. The number of carbonyl (C=O) groups is 1. The molecule has 0 saturated heterocycles. The maximum Gasteiger partial charge on any atom is 0.338 e. The highest BCUT2D eigenvalue weighted by molar-refractivity contribution is 5.92. The van der Waals surface area contributed by atoms with E-state index in [4.69, 9.17) is 10.5 Å². The summed E-state index contributed by atoms with van der Waals surface area (Å²) >= 11 is 0. The van der Waals surface area contributed by atoms with Gasteiger partial charge in [0.15, 0.2) is 0 Å². The molecule has 2 N–H and O–H groups in total. The van der Waals surface area contributed by atoms with E-state index in [9.17, 15) is 4.79 Å².